The van der Waals surface area contributed by atoms with Gasteiger partial charge in [-0.05, 0) is 31.0 Å². The van der Waals surface area contributed by atoms with Gasteiger partial charge in [-0.25, -0.2) is 4.98 Å². The fourth-order valence-corrected chi connectivity index (χ4v) is 3.29. The van der Waals surface area contributed by atoms with Gasteiger partial charge in [0.15, 0.2) is 5.69 Å². The first-order valence-electron chi connectivity index (χ1n) is 10.2. The van der Waals surface area contributed by atoms with Crippen molar-refractivity contribution in [3.8, 4) is 0 Å². The average molecular weight is 393 g/mol. The van der Waals surface area contributed by atoms with Gasteiger partial charge in [0.25, 0.3) is 11.8 Å². The van der Waals surface area contributed by atoms with E-state index in [9.17, 15) is 9.59 Å². The van der Waals surface area contributed by atoms with Crippen molar-refractivity contribution in [1.82, 2.24) is 19.6 Å². The molecule has 6 nitrogen and oxygen atoms in total. The molecule has 0 bridgehead atoms. The largest absolute Gasteiger partial charge is 0.349 e. The number of imidazole rings is 1. The fraction of sp³-hybridized carbons (Fsp3) is 0.348. The maximum atomic E-state index is 13.2. The van der Waals surface area contributed by atoms with Gasteiger partial charge in [0.1, 0.15) is 0 Å². The summed E-state index contributed by atoms with van der Waals surface area (Å²) in [4.78, 5) is 32.1. The van der Waals surface area contributed by atoms with Gasteiger partial charge in [-0.2, -0.15) is 0 Å². The highest BCUT2D eigenvalue weighted by molar-refractivity contribution is 6.02. The highest BCUT2D eigenvalue weighted by atomic mass is 16.2. The van der Waals surface area contributed by atoms with E-state index in [1.165, 1.54) is 0 Å². The van der Waals surface area contributed by atoms with E-state index >= 15 is 0 Å². The number of benzene rings is 1. The van der Waals surface area contributed by atoms with E-state index in [1.54, 1.807) is 15.5 Å². The summed E-state index contributed by atoms with van der Waals surface area (Å²) in [5, 5.41) is 2.91. The van der Waals surface area contributed by atoms with Crippen LogP contribution in [0.2, 0.25) is 0 Å². The van der Waals surface area contributed by atoms with Crippen molar-refractivity contribution < 1.29 is 9.59 Å². The van der Waals surface area contributed by atoms with E-state index in [0.29, 0.717) is 30.8 Å². The fourth-order valence-electron chi connectivity index (χ4n) is 3.29. The van der Waals surface area contributed by atoms with Gasteiger partial charge in [0, 0.05) is 25.8 Å². The molecular formula is C23H28N4O2. The zero-order chi connectivity index (χ0) is 20.6. The molecule has 6 heteroatoms. The Labute approximate surface area is 171 Å². The second-order valence-corrected chi connectivity index (χ2v) is 7.01. The van der Waals surface area contributed by atoms with Gasteiger partial charge in [0.05, 0.1) is 5.52 Å². The molecule has 0 aliphatic rings. The van der Waals surface area contributed by atoms with E-state index in [4.69, 9.17) is 0 Å². The molecule has 152 valence electrons. The van der Waals surface area contributed by atoms with Crippen LogP contribution in [0.4, 0.5) is 0 Å². The van der Waals surface area contributed by atoms with Crippen molar-refractivity contribution >= 4 is 17.3 Å². The molecule has 2 amide bonds. The number of carbonyl (C=O) groups excluding carboxylic acids is 2. The molecule has 0 fully saturated rings. The number of hydrogen-bond acceptors (Lipinski definition) is 3. The molecule has 1 N–H and O–H groups in total. The number of nitrogens with one attached hydrogen (secondary N) is 1. The summed E-state index contributed by atoms with van der Waals surface area (Å²) in [5.41, 5.74) is 2.00. The van der Waals surface area contributed by atoms with Crippen molar-refractivity contribution in [2.75, 3.05) is 13.1 Å². The minimum absolute atomic E-state index is 0.176. The predicted octanol–water partition coefficient (Wildman–Crippen LogP) is 3.92. The molecule has 29 heavy (non-hydrogen) atoms. The molecule has 0 aliphatic heterocycles. The molecule has 0 aliphatic carbocycles. The van der Waals surface area contributed by atoms with Crippen LogP contribution in [0, 0.1) is 0 Å². The van der Waals surface area contributed by atoms with Crippen LogP contribution in [0.3, 0.4) is 0 Å². The van der Waals surface area contributed by atoms with Gasteiger partial charge in [-0.15, -0.1) is 0 Å². The summed E-state index contributed by atoms with van der Waals surface area (Å²) in [6, 6.07) is 15.4. The highest BCUT2D eigenvalue weighted by Gasteiger charge is 2.24. The third kappa shape index (κ3) is 4.83. The lowest BCUT2D eigenvalue weighted by Crippen LogP contribution is -2.31. The highest BCUT2D eigenvalue weighted by Crippen LogP contribution is 2.17. The summed E-state index contributed by atoms with van der Waals surface area (Å²) < 4.78 is 1.69. The van der Waals surface area contributed by atoms with Crippen LogP contribution < -0.4 is 5.32 Å². The zero-order valence-electron chi connectivity index (χ0n) is 17.1. The van der Waals surface area contributed by atoms with Gasteiger partial charge in [0.2, 0.25) is 5.82 Å². The third-order valence-electron chi connectivity index (χ3n) is 4.91. The summed E-state index contributed by atoms with van der Waals surface area (Å²) in [5.74, 6) is -0.186. The second kappa shape index (κ2) is 9.87. The molecule has 2 aromatic heterocycles. The normalized spacial score (nSPS) is 10.8. The van der Waals surface area contributed by atoms with Crippen LogP contribution >= 0.6 is 0 Å². The molecular weight excluding hydrogens is 364 g/mol. The van der Waals surface area contributed by atoms with Crippen molar-refractivity contribution in [1.29, 1.82) is 0 Å². The first kappa shape index (κ1) is 20.6. The van der Waals surface area contributed by atoms with E-state index in [2.05, 4.69) is 17.2 Å². The third-order valence-corrected chi connectivity index (χ3v) is 4.91. The van der Waals surface area contributed by atoms with Crippen LogP contribution in [0.25, 0.3) is 5.52 Å². The number of fused-ring (bicyclic) bond motifs is 1. The Hall–Kier alpha value is -3.15. The summed E-state index contributed by atoms with van der Waals surface area (Å²) >= 11 is 0. The maximum Gasteiger partial charge on any atom is 0.287 e. The molecule has 0 atom stereocenters. The SMILES string of the molecule is CCCCCNC(=O)c1nc(C(=O)N(CC)Cc2ccccc2)c2ccccn12. The number of rotatable bonds is 9. The quantitative estimate of drug-likeness (QED) is 0.561. The van der Waals surface area contributed by atoms with Crippen molar-refractivity contribution in [3.63, 3.8) is 0 Å². The molecule has 1 aromatic carbocycles. The monoisotopic (exact) mass is 392 g/mol. The summed E-state index contributed by atoms with van der Waals surface area (Å²) in [6.07, 6.45) is 4.86. The minimum atomic E-state index is -0.257. The zero-order valence-corrected chi connectivity index (χ0v) is 17.1. The minimum Gasteiger partial charge on any atom is -0.349 e. The summed E-state index contributed by atoms with van der Waals surface area (Å²) in [6.45, 7) is 5.72. The van der Waals surface area contributed by atoms with Gasteiger partial charge < -0.3 is 10.2 Å². The Morgan fingerprint density at radius 1 is 1.03 bits per heavy atom. The lowest BCUT2D eigenvalue weighted by atomic mass is 10.2. The molecule has 2 heterocycles. The van der Waals surface area contributed by atoms with E-state index < -0.39 is 0 Å². The van der Waals surface area contributed by atoms with Crippen LogP contribution in [0.5, 0.6) is 0 Å². The molecule has 3 rings (SSSR count). The van der Waals surface area contributed by atoms with E-state index in [-0.39, 0.29) is 17.6 Å². The van der Waals surface area contributed by atoms with E-state index in [0.717, 1.165) is 24.8 Å². The van der Waals surface area contributed by atoms with Gasteiger partial charge in [-0.1, -0.05) is 56.2 Å². The smallest absolute Gasteiger partial charge is 0.287 e. The first-order valence-corrected chi connectivity index (χ1v) is 10.2. The Morgan fingerprint density at radius 3 is 2.52 bits per heavy atom. The Kier molecular flexibility index (Phi) is 7.00. The number of unbranched alkanes of at least 4 members (excludes halogenated alkanes) is 2. The van der Waals surface area contributed by atoms with Crippen LogP contribution in [-0.2, 0) is 6.54 Å². The van der Waals surface area contributed by atoms with Gasteiger partial charge in [-0.3, -0.25) is 14.0 Å². The Morgan fingerprint density at radius 2 is 1.79 bits per heavy atom. The number of amides is 2. The number of pyridine rings is 1. The lowest BCUT2D eigenvalue weighted by molar-refractivity contribution is 0.0749. The van der Waals surface area contributed by atoms with Crippen LogP contribution in [0.1, 0.15) is 59.8 Å². The molecule has 3 aromatic rings. The predicted molar refractivity (Wildman–Crippen MR) is 114 cm³/mol. The molecule has 0 unspecified atom stereocenters. The van der Waals surface area contributed by atoms with Crippen molar-refractivity contribution in [2.24, 2.45) is 0 Å². The van der Waals surface area contributed by atoms with Crippen molar-refractivity contribution in [3.05, 3.63) is 71.8 Å². The summed E-state index contributed by atoms with van der Waals surface area (Å²) in [7, 11) is 0. The molecule has 0 saturated carbocycles. The first-order chi connectivity index (χ1) is 14.2. The topological polar surface area (TPSA) is 66.7 Å². The number of hydrogen-bond donors (Lipinski definition) is 1. The van der Waals surface area contributed by atoms with Crippen LogP contribution in [-0.4, -0.2) is 39.2 Å². The second-order valence-electron chi connectivity index (χ2n) is 7.01. The van der Waals surface area contributed by atoms with Crippen LogP contribution in [0.15, 0.2) is 54.7 Å². The van der Waals surface area contributed by atoms with Gasteiger partial charge >= 0.3 is 0 Å². The lowest BCUT2D eigenvalue weighted by Gasteiger charge is -2.20. The number of aromatic nitrogens is 2. The Balaban J connectivity index is 1.86. The average Bonchev–Trinajstić information content (AvgIpc) is 3.15. The van der Waals surface area contributed by atoms with E-state index in [1.807, 2.05) is 55.5 Å². The molecule has 0 saturated heterocycles. The standard InChI is InChI=1S/C23H28N4O2/c1-3-5-10-15-24-22(28)21-25-20(19-14-9-11-16-27(19)21)23(29)26(4-2)17-18-12-7-6-8-13-18/h6-9,11-14,16H,3-5,10,15,17H2,1-2H3,(H,24,28). The Bertz CT molecular complexity index is 965. The number of nitrogens with zero attached hydrogens (tertiary/aromatic N) is 3. The van der Waals surface area contributed by atoms with Crippen molar-refractivity contribution in [2.45, 2.75) is 39.7 Å². The number of carbonyl (C=O) groups is 2. The molecule has 0 spiro atoms. The molecule has 0 radical (unpaired) electrons. The maximum absolute atomic E-state index is 13.2.